The normalized spacial score (nSPS) is 33.3. The molecule has 1 aromatic carbocycles. The van der Waals surface area contributed by atoms with Crippen LogP contribution in [0.15, 0.2) is 24.3 Å². The van der Waals surface area contributed by atoms with Crippen molar-refractivity contribution in [3.8, 4) is 5.75 Å². The summed E-state index contributed by atoms with van der Waals surface area (Å²) >= 11 is 0. The summed E-state index contributed by atoms with van der Waals surface area (Å²) in [5, 5.41) is 0. The zero-order valence-electron chi connectivity index (χ0n) is 16.5. The standard InChI is InChI=1S/C20H30BNO4/c1-19(2)20(3,4)26-21(25-19)14-6-8-17(9-7-14)24-18-10-15-12-23-13-16(11-18)22(15)5/h6-9,15-16,18H,10-13H2,1-5H3/t15-,16+,18?. The van der Waals surface area contributed by atoms with Gasteiger partial charge in [0, 0.05) is 24.9 Å². The second-order valence-corrected chi connectivity index (χ2v) is 8.88. The quantitative estimate of drug-likeness (QED) is 0.774. The number of hydrogen-bond donors (Lipinski definition) is 0. The minimum Gasteiger partial charge on any atom is -0.490 e. The van der Waals surface area contributed by atoms with Crippen LogP contribution in [-0.2, 0) is 14.0 Å². The minimum absolute atomic E-state index is 0.257. The second kappa shape index (κ2) is 6.52. The molecule has 0 amide bonds. The minimum atomic E-state index is -0.325. The van der Waals surface area contributed by atoms with Crippen LogP contribution < -0.4 is 10.2 Å². The van der Waals surface area contributed by atoms with Gasteiger partial charge in [-0.3, -0.25) is 4.90 Å². The topological polar surface area (TPSA) is 40.2 Å². The fourth-order valence-corrected chi connectivity index (χ4v) is 4.02. The van der Waals surface area contributed by atoms with E-state index >= 15 is 0 Å². The van der Waals surface area contributed by atoms with Gasteiger partial charge >= 0.3 is 7.12 Å². The van der Waals surface area contributed by atoms with Crippen LogP contribution in [0.5, 0.6) is 5.75 Å². The summed E-state index contributed by atoms with van der Waals surface area (Å²) in [6.07, 6.45) is 2.30. The van der Waals surface area contributed by atoms with Crippen molar-refractivity contribution >= 4 is 12.6 Å². The highest BCUT2D eigenvalue weighted by Gasteiger charge is 2.51. The fourth-order valence-electron chi connectivity index (χ4n) is 4.02. The lowest BCUT2D eigenvalue weighted by atomic mass is 9.79. The summed E-state index contributed by atoms with van der Waals surface area (Å²) in [4.78, 5) is 2.45. The molecule has 5 nitrogen and oxygen atoms in total. The molecule has 1 unspecified atom stereocenters. The number of nitrogens with zero attached hydrogens (tertiary/aromatic N) is 1. The van der Waals surface area contributed by atoms with Crippen LogP contribution in [0, 0.1) is 0 Å². The first-order valence-electron chi connectivity index (χ1n) is 9.67. The molecule has 26 heavy (non-hydrogen) atoms. The van der Waals surface area contributed by atoms with Crippen molar-refractivity contribution in [1.29, 1.82) is 0 Å². The Kier molecular flexibility index (Phi) is 4.59. The third kappa shape index (κ3) is 3.28. The number of fused-ring (bicyclic) bond motifs is 2. The molecular weight excluding hydrogens is 329 g/mol. The molecule has 2 bridgehead atoms. The molecule has 0 aromatic heterocycles. The number of rotatable bonds is 3. The fraction of sp³-hybridized carbons (Fsp3) is 0.700. The summed E-state index contributed by atoms with van der Waals surface area (Å²) in [7, 11) is 1.88. The molecule has 3 aliphatic rings. The van der Waals surface area contributed by atoms with Gasteiger partial charge < -0.3 is 18.8 Å². The molecule has 1 aromatic rings. The van der Waals surface area contributed by atoms with Crippen LogP contribution in [-0.4, -0.2) is 61.7 Å². The third-order valence-electron chi connectivity index (χ3n) is 6.55. The highest BCUT2D eigenvalue weighted by atomic mass is 16.7. The average molecular weight is 359 g/mol. The summed E-state index contributed by atoms with van der Waals surface area (Å²) in [6, 6.07) is 9.11. The lowest BCUT2D eigenvalue weighted by Gasteiger charge is -2.46. The largest absolute Gasteiger partial charge is 0.494 e. The third-order valence-corrected chi connectivity index (χ3v) is 6.55. The maximum absolute atomic E-state index is 6.28. The van der Waals surface area contributed by atoms with Gasteiger partial charge in [-0.25, -0.2) is 0 Å². The Balaban J connectivity index is 1.40. The molecule has 0 saturated carbocycles. The van der Waals surface area contributed by atoms with Crippen LogP contribution in [0.3, 0.4) is 0 Å². The van der Waals surface area contributed by atoms with Crippen molar-refractivity contribution < 1.29 is 18.8 Å². The maximum Gasteiger partial charge on any atom is 0.494 e. The first kappa shape index (κ1) is 18.3. The Morgan fingerprint density at radius 1 is 0.962 bits per heavy atom. The van der Waals surface area contributed by atoms with E-state index in [4.69, 9.17) is 18.8 Å². The number of morpholine rings is 1. The summed E-state index contributed by atoms with van der Waals surface area (Å²) < 4.78 is 24.2. The van der Waals surface area contributed by atoms with Crippen LogP contribution in [0.1, 0.15) is 40.5 Å². The Bertz CT molecular complexity index is 618. The van der Waals surface area contributed by atoms with Gasteiger partial charge in [0.15, 0.2) is 0 Å². The van der Waals surface area contributed by atoms with Crippen LogP contribution >= 0.6 is 0 Å². The molecule has 0 aliphatic carbocycles. The van der Waals surface area contributed by atoms with E-state index < -0.39 is 0 Å². The zero-order chi connectivity index (χ0) is 18.5. The molecule has 3 heterocycles. The van der Waals surface area contributed by atoms with Crippen molar-refractivity contribution in [1.82, 2.24) is 4.90 Å². The Hall–Kier alpha value is -1.08. The number of hydrogen-bond acceptors (Lipinski definition) is 5. The predicted molar refractivity (Wildman–Crippen MR) is 102 cm³/mol. The Morgan fingerprint density at radius 3 is 2.04 bits per heavy atom. The summed E-state index contributed by atoms with van der Waals surface area (Å²) in [5.74, 6) is 0.916. The highest BCUT2D eigenvalue weighted by molar-refractivity contribution is 6.62. The molecule has 3 atom stereocenters. The number of ether oxygens (including phenoxy) is 2. The first-order valence-corrected chi connectivity index (χ1v) is 9.67. The van der Waals surface area contributed by atoms with Gasteiger partial charge in [0.1, 0.15) is 11.9 Å². The van der Waals surface area contributed by atoms with Gasteiger partial charge in [0.25, 0.3) is 0 Å². The number of piperidine rings is 1. The summed E-state index contributed by atoms with van der Waals surface area (Å²) in [5.41, 5.74) is 0.395. The maximum atomic E-state index is 6.28. The van der Waals surface area contributed by atoms with E-state index in [0.29, 0.717) is 12.1 Å². The monoisotopic (exact) mass is 359 g/mol. The number of likely N-dealkylation sites (N-methyl/N-ethyl adjacent to an activating group) is 1. The Morgan fingerprint density at radius 2 is 1.50 bits per heavy atom. The molecule has 3 fully saturated rings. The molecule has 6 heteroatoms. The molecule has 0 radical (unpaired) electrons. The van der Waals surface area contributed by atoms with Crippen LogP contribution in [0.4, 0.5) is 0 Å². The van der Waals surface area contributed by atoms with Gasteiger partial charge in [-0.2, -0.15) is 0 Å². The van der Waals surface area contributed by atoms with Crippen molar-refractivity contribution in [3.05, 3.63) is 24.3 Å². The summed E-state index contributed by atoms with van der Waals surface area (Å²) in [6.45, 7) is 9.92. The molecule has 3 saturated heterocycles. The smallest absolute Gasteiger partial charge is 0.490 e. The van der Waals surface area contributed by atoms with E-state index in [0.717, 1.165) is 37.3 Å². The molecule has 0 spiro atoms. The van der Waals surface area contributed by atoms with Gasteiger partial charge in [0.05, 0.1) is 24.4 Å². The lowest BCUT2D eigenvalue weighted by Crippen LogP contribution is -2.57. The van der Waals surface area contributed by atoms with Crippen LogP contribution in [0.25, 0.3) is 0 Å². The molecule has 3 aliphatic heterocycles. The SMILES string of the molecule is CN1[C@@H]2COC[C@H]1CC(Oc1ccc(B3OC(C)(C)C(C)(C)O3)cc1)C2. The van der Waals surface area contributed by atoms with Gasteiger partial charge in [-0.15, -0.1) is 0 Å². The highest BCUT2D eigenvalue weighted by Crippen LogP contribution is 2.36. The van der Waals surface area contributed by atoms with Crippen molar-refractivity contribution in [2.75, 3.05) is 20.3 Å². The number of benzene rings is 1. The molecular formula is C20H30BNO4. The Labute approximate surface area is 157 Å². The van der Waals surface area contributed by atoms with E-state index in [1.165, 1.54) is 0 Å². The van der Waals surface area contributed by atoms with E-state index in [9.17, 15) is 0 Å². The van der Waals surface area contributed by atoms with Crippen molar-refractivity contribution in [2.24, 2.45) is 0 Å². The molecule has 0 N–H and O–H groups in total. The first-order chi connectivity index (χ1) is 12.2. The van der Waals surface area contributed by atoms with E-state index in [2.05, 4.69) is 51.8 Å². The van der Waals surface area contributed by atoms with Crippen molar-refractivity contribution in [2.45, 2.75) is 69.9 Å². The van der Waals surface area contributed by atoms with Crippen LogP contribution in [0.2, 0.25) is 0 Å². The predicted octanol–water partition coefficient (Wildman–Crippen LogP) is 2.23. The zero-order valence-corrected chi connectivity index (χ0v) is 16.5. The van der Waals surface area contributed by atoms with Gasteiger partial charge in [0.2, 0.25) is 0 Å². The average Bonchev–Trinajstić information content (AvgIpc) is 2.77. The molecule has 142 valence electrons. The van der Waals surface area contributed by atoms with E-state index in [1.54, 1.807) is 0 Å². The second-order valence-electron chi connectivity index (χ2n) is 8.88. The van der Waals surface area contributed by atoms with Crippen molar-refractivity contribution in [3.63, 3.8) is 0 Å². The van der Waals surface area contributed by atoms with E-state index in [1.807, 2.05) is 12.1 Å². The molecule has 4 rings (SSSR count). The lowest BCUT2D eigenvalue weighted by molar-refractivity contribution is -0.0879. The van der Waals surface area contributed by atoms with E-state index in [-0.39, 0.29) is 24.4 Å². The van der Waals surface area contributed by atoms with Gasteiger partial charge in [-0.05, 0) is 52.3 Å². The van der Waals surface area contributed by atoms with Gasteiger partial charge in [-0.1, -0.05) is 12.1 Å².